The summed E-state index contributed by atoms with van der Waals surface area (Å²) in [6, 6.07) is 9.13. The zero-order valence-corrected chi connectivity index (χ0v) is 16.8. The number of carbonyl (C=O) groups is 2. The van der Waals surface area contributed by atoms with Crippen LogP contribution in [0.25, 0.3) is 0 Å². The molecule has 6 nitrogen and oxygen atoms in total. The van der Waals surface area contributed by atoms with E-state index in [-0.39, 0.29) is 11.1 Å². The van der Waals surface area contributed by atoms with Crippen molar-refractivity contribution in [2.45, 2.75) is 0 Å². The van der Waals surface area contributed by atoms with Gasteiger partial charge in [-0.3, -0.25) is 4.79 Å². The third-order valence-corrected chi connectivity index (χ3v) is 5.15. The van der Waals surface area contributed by atoms with Crippen LogP contribution in [0, 0.1) is 9.39 Å². The number of hydrogen-bond donors (Lipinski definition) is 1. The molecule has 27 heavy (non-hydrogen) atoms. The molecule has 1 heterocycles. The molecular formula is C19H18FIN2O4. The number of anilines is 2. The van der Waals surface area contributed by atoms with E-state index < -0.39 is 17.7 Å². The van der Waals surface area contributed by atoms with Gasteiger partial charge in [-0.15, -0.1) is 0 Å². The van der Waals surface area contributed by atoms with E-state index in [9.17, 15) is 14.0 Å². The van der Waals surface area contributed by atoms with Crippen molar-refractivity contribution in [1.82, 2.24) is 0 Å². The number of hydrogen-bond acceptors (Lipinski definition) is 5. The number of amides is 1. The molecule has 0 aliphatic carbocycles. The van der Waals surface area contributed by atoms with Crippen LogP contribution in [0.4, 0.5) is 15.8 Å². The highest BCUT2D eigenvalue weighted by Crippen LogP contribution is 2.26. The van der Waals surface area contributed by atoms with Crippen LogP contribution in [-0.2, 0) is 9.47 Å². The van der Waals surface area contributed by atoms with Gasteiger partial charge in [0, 0.05) is 22.3 Å². The van der Waals surface area contributed by atoms with Gasteiger partial charge in [-0.05, 0) is 59.0 Å². The monoisotopic (exact) mass is 484 g/mol. The molecule has 1 amide bonds. The highest BCUT2D eigenvalue weighted by atomic mass is 127. The summed E-state index contributed by atoms with van der Waals surface area (Å²) in [4.78, 5) is 26.9. The Labute approximate surface area is 169 Å². The Morgan fingerprint density at radius 3 is 2.59 bits per heavy atom. The molecule has 1 saturated heterocycles. The molecule has 0 unspecified atom stereocenters. The number of methoxy groups -OCH3 is 1. The van der Waals surface area contributed by atoms with Crippen LogP contribution in [0.5, 0.6) is 0 Å². The van der Waals surface area contributed by atoms with Gasteiger partial charge in [0.1, 0.15) is 5.82 Å². The lowest BCUT2D eigenvalue weighted by molar-refractivity contribution is 0.0602. The molecule has 3 rings (SSSR count). The SMILES string of the molecule is COC(=O)c1cc(N2CCOCC2)ccc1NC(=O)c1cc(F)ccc1I. The third kappa shape index (κ3) is 4.56. The first kappa shape index (κ1) is 19.6. The highest BCUT2D eigenvalue weighted by Gasteiger charge is 2.20. The Kier molecular flexibility index (Phi) is 6.27. The lowest BCUT2D eigenvalue weighted by Gasteiger charge is -2.29. The molecule has 0 atom stereocenters. The van der Waals surface area contributed by atoms with Crippen LogP contribution >= 0.6 is 22.6 Å². The number of rotatable bonds is 4. The highest BCUT2D eigenvalue weighted by molar-refractivity contribution is 14.1. The van der Waals surface area contributed by atoms with Crippen LogP contribution in [-0.4, -0.2) is 45.3 Å². The number of carbonyl (C=O) groups excluding carboxylic acids is 2. The number of esters is 1. The molecule has 1 N–H and O–H groups in total. The predicted molar refractivity (Wildman–Crippen MR) is 108 cm³/mol. The summed E-state index contributed by atoms with van der Waals surface area (Å²) in [6.07, 6.45) is 0. The van der Waals surface area contributed by atoms with Gasteiger partial charge in [0.25, 0.3) is 5.91 Å². The van der Waals surface area contributed by atoms with Crippen molar-refractivity contribution < 1.29 is 23.5 Å². The Morgan fingerprint density at radius 1 is 1.15 bits per heavy atom. The Hall–Kier alpha value is -2.20. The van der Waals surface area contributed by atoms with Gasteiger partial charge in [-0.1, -0.05) is 0 Å². The molecule has 0 spiro atoms. The number of nitrogens with one attached hydrogen (secondary N) is 1. The topological polar surface area (TPSA) is 67.9 Å². The third-order valence-electron chi connectivity index (χ3n) is 4.21. The number of halogens is 2. The van der Waals surface area contributed by atoms with Crippen molar-refractivity contribution in [3.05, 3.63) is 56.9 Å². The van der Waals surface area contributed by atoms with Crippen molar-refractivity contribution in [2.24, 2.45) is 0 Å². The Balaban J connectivity index is 1.90. The summed E-state index contributed by atoms with van der Waals surface area (Å²) in [6.45, 7) is 2.66. The summed E-state index contributed by atoms with van der Waals surface area (Å²) < 4.78 is 24.3. The molecule has 0 saturated carbocycles. The Bertz CT molecular complexity index is 869. The fourth-order valence-electron chi connectivity index (χ4n) is 2.80. The molecule has 0 aromatic heterocycles. The van der Waals surface area contributed by atoms with Crippen molar-refractivity contribution >= 4 is 45.8 Å². The number of ether oxygens (including phenoxy) is 2. The molecule has 1 aliphatic rings. The summed E-state index contributed by atoms with van der Waals surface area (Å²) >= 11 is 1.96. The van der Waals surface area contributed by atoms with E-state index >= 15 is 0 Å². The van der Waals surface area contributed by atoms with E-state index in [2.05, 4.69) is 10.2 Å². The fraction of sp³-hybridized carbons (Fsp3) is 0.263. The molecule has 1 aliphatic heterocycles. The average molecular weight is 484 g/mol. The smallest absolute Gasteiger partial charge is 0.340 e. The molecule has 0 radical (unpaired) electrons. The average Bonchev–Trinajstić information content (AvgIpc) is 2.70. The minimum Gasteiger partial charge on any atom is -0.465 e. The zero-order chi connectivity index (χ0) is 19.4. The van der Waals surface area contributed by atoms with E-state index in [0.29, 0.717) is 35.6 Å². The van der Waals surface area contributed by atoms with Gasteiger partial charge >= 0.3 is 5.97 Å². The lowest BCUT2D eigenvalue weighted by atomic mass is 10.1. The van der Waals surface area contributed by atoms with Crippen LogP contribution < -0.4 is 10.2 Å². The maximum absolute atomic E-state index is 13.5. The van der Waals surface area contributed by atoms with Crippen LogP contribution in [0.2, 0.25) is 0 Å². The van der Waals surface area contributed by atoms with Gasteiger partial charge < -0.3 is 19.7 Å². The first-order chi connectivity index (χ1) is 13.0. The number of morpholine rings is 1. The van der Waals surface area contributed by atoms with Crippen LogP contribution in [0.1, 0.15) is 20.7 Å². The lowest BCUT2D eigenvalue weighted by Crippen LogP contribution is -2.36. The van der Waals surface area contributed by atoms with Gasteiger partial charge in [-0.25, -0.2) is 9.18 Å². The summed E-state index contributed by atoms with van der Waals surface area (Å²) in [5.41, 5.74) is 1.59. The molecule has 2 aromatic rings. The molecule has 8 heteroatoms. The number of benzene rings is 2. The van der Waals surface area contributed by atoms with Gasteiger partial charge in [0.2, 0.25) is 0 Å². The van der Waals surface area contributed by atoms with E-state index in [4.69, 9.17) is 9.47 Å². The van der Waals surface area contributed by atoms with Gasteiger partial charge in [-0.2, -0.15) is 0 Å². The second-order valence-corrected chi connectivity index (χ2v) is 7.06. The molecular weight excluding hydrogens is 466 g/mol. The standard InChI is InChI=1S/C19H18FIN2O4/c1-26-19(25)15-11-13(23-6-8-27-9-7-23)3-5-17(15)22-18(24)14-10-12(20)2-4-16(14)21/h2-5,10-11H,6-9H2,1H3,(H,22,24). The van der Waals surface area contributed by atoms with Gasteiger partial charge in [0.15, 0.2) is 0 Å². The maximum Gasteiger partial charge on any atom is 0.340 e. The minimum absolute atomic E-state index is 0.198. The van der Waals surface area contributed by atoms with E-state index in [1.807, 2.05) is 28.7 Å². The quantitative estimate of drug-likeness (QED) is 0.533. The first-order valence-corrected chi connectivity index (χ1v) is 9.39. The van der Waals surface area contributed by atoms with Crippen molar-refractivity contribution in [2.75, 3.05) is 43.6 Å². The van der Waals surface area contributed by atoms with Crippen LogP contribution in [0.3, 0.4) is 0 Å². The van der Waals surface area contributed by atoms with E-state index in [0.717, 1.165) is 11.8 Å². The maximum atomic E-state index is 13.5. The fourth-order valence-corrected chi connectivity index (χ4v) is 3.38. The van der Waals surface area contributed by atoms with Crippen molar-refractivity contribution in [1.29, 1.82) is 0 Å². The molecule has 1 fully saturated rings. The predicted octanol–water partition coefficient (Wildman–Crippen LogP) is 3.31. The van der Waals surface area contributed by atoms with Gasteiger partial charge in [0.05, 0.1) is 37.1 Å². The van der Waals surface area contributed by atoms with E-state index in [1.54, 1.807) is 12.1 Å². The largest absolute Gasteiger partial charge is 0.465 e. The number of nitrogens with zero attached hydrogens (tertiary/aromatic N) is 1. The second-order valence-electron chi connectivity index (χ2n) is 5.90. The first-order valence-electron chi connectivity index (χ1n) is 8.31. The second kappa shape index (κ2) is 8.66. The molecule has 0 bridgehead atoms. The molecule has 142 valence electrons. The van der Waals surface area contributed by atoms with Crippen molar-refractivity contribution in [3.63, 3.8) is 0 Å². The Morgan fingerprint density at radius 2 is 1.89 bits per heavy atom. The summed E-state index contributed by atoms with van der Waals surface area (Å²) in [7, 11) is 1.28. The minimum atomic E-state index is -0.561. The summed E-state index contributed by atoms with van der Waals surface area (Å²) in [5, 5.41) is 2.69. The van der Waals surface area contributed by atoms with Crippen LogP contribution in [0.15, 0.2) is 36.4 Å². The normalized spacial score (nSPS) is 14.0. The zero-order valence-electron chi connectivity index (χ0n) is 14.6. The molecule has 2 aromatic carbocycles. The summed E-state index contributed by atoms with van der Waals surface area (Å²) in [5.74, 6) is -1.56. The van der Waals surface area contributed by atoms with Crippen molar-refractivity contribution in [3.8, 4) is 0 Å². The van der Waals surface area contributed by atoms with E-state index in [1.165, 1.54) is 19.2 Å².